The number of rotatable bonds is 12. The summed E-state index contributed by atoms with van der Waals surface area (Å²) in [5.41, 5.74) is 3.85. The van der Waals surface area contributed by atoms with Crippen LogP contribution in [0, 0.1) is 0 Å². The third-order valence-corrected chi connectivity index (χ3v) is 6.38. The van der Waals surface area contributed by atoms with E-state index < -0.39 is 8.32 Å². The predicted molar refractivity (Wildman–Crippen MR) is 136 cm³/mol. The first-order valence-electron chi connectivity index (χ1n) is 11.8. The van der Waals surface area contributed by atoms with Crippen LogP contribution in [0.15, 0.2) is 48.5 Å². The summed E-state index contributed by atoms with van der Waals surface area (Å²) in [4.78, 5) is 2.58. The maximum absolute atomic E-state index is 6.58. The highest BCUT2D eigenvalue weighted by Crippen LogP contribution is 2.37. The van der Waals surface area contributed by atoms with E-state index in [1.807, 2.05) is 6.92 Å². The summed E-state index contributed by atoms with van der Waals surface area (Å²) in [6.45, 7) is 20.4. The fourth-order valence-corrected chi connectivity index (χ4v) is 5.03. The van der Waals surface area contributed by atoms with Crippen LogP contribution in [-0.4, -0.2) is 38.5 Å². The molecule has 0 saturated carbocycles. The third kappa shape index (κ3) is 8.10. The maximum atomic E-state index is 6.58. The van der Waals surface area contributed by atoms with Crippen molar-refractivity contribution in [2.24, 2.45) is 0 Å². The Bertz CT molecular complexity index is 776. The van der Waals surface area contributed by atoms with Crippen molar-refractivity contribution in [3.63, 3.8) is 0 Å². The van der Waals surface area contributed by atoms with E-state index in [1.54, 1.807) is 0 Å². The SMILES string of the molecule is CCOCc1ccc(O[Si](C)(C)C)c(C(CCN(C(C)C)C(C)C)c2ccccc2)c1. The molecule has 2 aromatic rings. The molecule has 4 heteroatoms. The molecule has 2 aromatic carbocycles. The van der Waals surface area contributed by atoms with Gasteiger partial charge in [-0.2, -0.15) is 0 Å². The Morgan fingerprint density at radius 2 is 1.55 bits per heavy atom. The normalized spacial score (nSPS) is 13.3. The number of benzene rings is 2. The molecule has 0 N–H and O–H groups in total. The largest absolute Gasteiger partial charge is 0.544 e. The molecule has 0 aliphatic heterocycles. The first-order chi connectivity index (χ1) is 14.6. The van der Waals surface area contributed by atoms with E-state index >= 15 is 0 Å². The molecule has 0 aliphatic rings. The molecule has 172 valence electrons. The van der Waals surface area contributed by atoms with E-state index in [1.165, 1.54) is 16.7 Å². The zero-order valence-electron chi connectivity index (χ0n) is 20.9. The molecule has 2 rings (SSSR count). The number of hydrogen-bond acceptors (Lipinski definition) is 3. The van der Waals surface area contributed by atoms with Crippen molar-refractivity contribution in [2.75, 3.05) is 13.2 Å². The van der Waals surface area contributed by atoms with Gasteiger partial charge in [-0.3, -0.25) is 4.90 Å². The van der Waals surface area contributed by atoms with Crippen LogP contribution in [0.3, 0.4) is 0 Å². The van der Waals surface area contributed by atoms with Gasteiger partial charge in [0.15, 0.2) is 0 Å². The van der Waals surface area contributed by atoms with Crippen molar-refractivity contribution in [1.29, 1.82) is 0 Å². The lowest BCUT2D eigenvalue weighted by atomic mass is 9.86. The molecule has 1 unspecified atom stereocenters. The summed E-state index contributed by atoms with van der Waals surface area (Å²) < 4.78 is 12.3. The van der Waals surface area contributed by atoms with Gasteiger partial charge in [0.25, 0.3) is 0 Å². The zero-order chi connectivity index (χ0) is 23.0. The lowest BCUT2D eigenvalue weighted by Crippen LogP contribution is -2.38. The number of hydrogen-bond donors (Lipinski definition) is 0. The van der Waals surface area contributed by atoms with E-state index in [2.05, 4.69) is 101 Å². The Morgan fingerprint density at radius 3 is 2.10 bits per heavy atom. The van der Waals surface area contributed by atoms with Gasteiger partial charge in [-0.25, -0.2) is 0 Å². The molecule has 0 heterocycles. The van der Waals surface area contributed by atoms with E-state index in [-0.39, 0.29) is 5.92 Å². The molecule has 0 aliphatic carbocycles. The van der Waals surface area contributed by atoms with Crippen molar-refractivity contribution in [3.05, 3.63) is 65.2 Å². The van der Waals surface area contributed by atoms with Crippen LogP contribution < -0.4 is 4.43 Å². The van der Waals surface area contributed by atoms with Gasteiger partial charge in [0.1, 0.15) is 5.75 Å². The molecule has 0 spiro atoms. The minimum atomic E-state index is -1.74. The van der Waals surface area contributed by atoms with E-state index in [0.717, 1.165) is 25.3 Å². The highest BCUT2D eigenvalue weighted by Gasteiger charge is 2.25. The van der Waals surface area contributed by atoms with Crippen molar-refractivity contribution < 1.29 is 9.16 Å². The third-order valence-electron chi connectivity index (χ3n) is 5.54. The molecule has 0 amide bonds. The lowest BCUT2D eigenvalue weighted by Gasteiger charge is -2.33. The summed E-state index contributed by atoms with van der Waals surface area (Å²) in [5.74, 6) is 1.32. The molecular formula is C27H43NO2Si. The highest BCUT2D eigenvalue weighted by atomic mass is 28.4. The summed E-state index contributed by atoms with van der Waals surface area (Å²) in [5, 5.41) is 0. The predicted octanol–water partition coefficient (Wildman–Crippen LogP) is 7.08. The molecule has 3 nitrogen and oxygen atoms in total. The monoisotopic (exact) mass is 441 g/mol. The molecular weight excluding hydrogens is 398 g/mol. The molecule has 0 radical (unpaired) electrons. The van der Waals surface area contributed by atoms with Crippen molar-refractivity contribution in [3.8, 4) is 5.75 Å². The zero-order valence-corrected chi connectivity index (χ0v) is 21.9. The second-order valence-corrected chi connectivity index (χ2v) is 14.3. The van der Waals surface area contributed by atoms with Crippen molar-refractivity contribution in [2.45, 2.75) is 85.3 Å². The quantitative estimate of drug-likeness (QED) is 0.329. The lowest BCUT2D eigenvalue weighted by molar-refractivity contribution is 0.134. The second kappa shape index (κ2) is 11.8. The van der Waals surface area contributed by atoms with Gasteiger partial charge in [-0.15, -0.1) is 0 Å². The van der Waals surface area contributed by atoms with Crippen LogP contribution in [0.25, 0.3) is 0 Å². The Kier molecular flexibility index (Phi) is 9.79. The van der Waals surface area contributed by atoms with E-state index in [0.29, 0.717) is 18.7 Å². The summed E-state index contributed by atoms with van der Waals surface area (Å²) in [6, 6.07) is 18.6. The Labute approximate surface area is 191 Å². The van der Waals surface area contributed by atoms with Gasteiger partial charge in [0.2, 0.25) is 8.32 Å². The summed E-state index contributed by atoms with van der Waals surface area (Å²) in [6.07, 6.45) is 1.06. The van der Waals surface area contributed by atoms with Gasteiger partial charge >= 0.3 is 0 Å². The Balaban J connectivity index is 2.49. The summed E-state index contributed by atoms with van der Waals surface area (Å²) in [7, 11) is -1.74. The second-order valence-electron chi connectivity index (χ2n) is 9.90. The van der Waals surface area contributed by atoms with Crippen LogP contribution in [0.1, 0.15) is 63.6 Å². The number of nitrogens with zero attached hydrogens (tertiary/aromatic N) is 1. The Morgan fingerprint density at radius 1 is 0.903 bits per heavy atom. The van der Waals surface area contributed by atoms with Crippen LogP contribution in [0.4, 0.5) is 0 Å². The van der Waals surface area contributed by atoms with Gasteiger partial charge < -0.3 is 9.16 Å². The topological polar surface area (TPSA) is 21.7 Å². The minimum Gasteiger partial charge on any atom is -0.544 e. The van der Waals surface area contributed by atoms with Crippen LogP contribution in [0.2, 0.25) is 19.6 Å². The fraction of sp³-hybridized carbons (Fsp3) is 0.556. The van der Waals surface area contributed by atoms with E-state index in [9.17, 15) is 0 Å². The average molecular weight is 442 g/mol. The molecule has 0 fully saturated rings. The standard InChI is InChI=1S/C27H43NO2Si/c1-9-29-20-23-15-16-27(30-31(6,7)8)26(19-23)25(24-13-11-10-12-14-24)17-18-28(21(2)3)22(4)5/h10-16,19,21-22,25H,9,17-18,20H2,1-8H3. The molecule has 0 aromatic heterocycles. The summed E-state index contributed by atoms with van der Waals surface area (Å²) >= 11 is 0. The van der Waals surface area contributed by atoms with Crippen LogP contribution >= 0.6 is 0 Å². The van der Waals surface area contributed by atoms with Gasteiger partial charge in [-0.1, -0.05) is 36.4 Å². The fourth-order valence-electron chi connectivity index (χ4n) is 4.18. The van der Waals surface area contributed by atoms with Crippen molar-refractivity contribution in [1.82, 2.24) is 4.90 Å². The highest BCUT2D eigenvalue weighted by molar-refractivity contribution is 6.70. The first-order valence-corrected chi connectivity index (χ1v) is 15.2. The Hall–Kier alpha value is -1.62. The van der Waals surface area contributed by atoms with Gasteiger partial charge in [-0.05, 0) is 90.5 Å². The van der Waals surface area contributed by atoms with Gasteiger partial charge in [0.05, 0.1) is 6.61 Å². The van der Waals surface area contributed by atoms with Crippen LogP contribution in [0.5, 0.6) is 5.75 Å². The average Bonchev–Trinajstić information content (AvgIpc) is 2.69. The van der Waals surface area contributed by atoms with Crippen LogP contribution in [-0.2, 0) is 11.3 Å². The smallest absolute Gasteiger partial charge is 0.242 e. The molecule has 0 saturated heterocycles. The first kappa shape index (κ1) is 25.6. The van der Waals surface area contributed by atoms with E-state index in [4.69, 9.17) is 9.16 Å². The molecule has 1 atom stereocenters. The molecule has 0 bridgehead atoms. The van der Waals surface area contributed by atoms with Gasteiger partial charge in [0, 0.05) is 30.2 Å². The number of ether oxygens (including phenoxy) is 1. The minimum absolute atomic E-state index is 0.286. The van der Waals surface area contributed by atoms with Crippen molar-refractivity contribution >= 4 is 8.32 Å². The maximum Gasteiger partial charge on any atom is 0.242 e. The molecule has 31 heavy (non-hydrogen) atoms.